The summed E-state index contributed by atoms with van der Waals surface area (Å²) < 4.78 is 6.31. The third-order valence-corrected chi connectivity index (χ3v) is 4.88. The predicted octanol–water partition coefficient (Wildman–Crippen LogP) is 1.74. The predicted molar refractivity (Wildman–Crippen MR) is 68.7 cm³/mol. The lowest BCUT2D eigenvalue weighted by molar-refractivity contribution is -0.752. The zero-order chi connectivity index (χ0) is 13.0. The SMILES string of the molecule is C[NH2+][C@]12CCC[C@H](C1)C1=C(CC(C)(C)CC1=O)O2. The number of Topliss-reactive ketones (excluding diaryl/α,β-unsaturated/α-hetero) is 1. The molecule has 2 N–H and O–H groups in total. The Morgan fingerprint density at radius 1 is 1.33 bits per heavy atom. The van der Waals surface area contributed by atoms with Crippen LogP contribution in [-0.2, 0) is 9.53 Å². The maximum Gasteiger partial charge on any atom is 0.240 e. The van der Waals surface area contributed by atoms with E-state index in [1.54, 1.807) is 0 Å². The van der Waals surface area contributed by atoms with E-state index in [1.807, 2.05) is 0 Å². The van der Waals surface area contributed by atoms with Gasteiger partial charge in [0.15, 0.2) is 5.78 Å². The molecule has 3 rings (SSSR count). The molecule has 1 heterocycles. The van der Waals surface area contributed by atoms with Gasteiger partial charge in [0.05, 0.1) is 7.05 Å². The van der Waals surface area contributed by atoms with Crippen molar-refractivity contribution in [1.82, 2.24) is 0 Å². The minimum absolute atomic E-state index is 0.0660. The average Bonchev–Trinajstić information content (AvgIpc) is 2.26. The molecule has 100 valence electrons. The van der Waals surface area contributed by atoms with E-state index in [-0.39, 0.29) is 11.1 Å². The number of allylic oxidation sites excluding steroid dienone is 2. The van der Waals surface area contributed by atoms with E-state index in [0.29, 0.717) is 18.1 Å². The largest absolute Gasteiger partial charge is 0.444 e. The minimum atomic E-state index is -0.0740. The summed E-state index contributed by atoms with van der Waals surface area (Å²) in [5.41, 5.74) is 1.04. The van der Waals surface area contributed by atoms with Crippen molar-refractivity contribution in [2.75, 3.05) is 7.05 Å². The molecular weight excluding hydrogens is 226 g/mol. The summed E-state index contributed by atoms with van der Waals surface area (Å²) in [6, 6.07) is 0. The second-order valence-corrected chi connectivity index (χ2v) is 7.03. The number of quaternary nitrogens is 1. The van der Waals surface area contributed by atoms with Gasteiger partial charge in [-0.1, -0.05) is 13.8 Å². The second-order valence-electron chi connectivity index (χ2n) is 7.03. The molecule has 0 aromatic carbocycles. The van der Waals surface area contributed by atoms with Gasteiger partial charge in [-0.05, 0) is 18.3 Å². The van der Waals surface area contributed by atoms with Gasteiger partial charge in [-0.3, -0.25) is 4.79 Å². The molecule has 2 bridgehead atoms. The van der Waals surface area contributed by atoms with Crippen LogP contribution in [0.5, 0.6) is 0 Å². The molecule has 1 aliphatic heterocycles. The van der Waals surface area contributed by atoms with Crippen LogP contribution >= 0.6 is 0 Å². The van der Waals surface area contributed by atoms with Crippen LogP contribution in [0, 0.1) is 11.3 Å². The molecule has 0 unspecified atom stereocenters. The van der Waals surface area contributed by atoms with Crippen LogP contribution in [0.1, 0.15) is 52.4 Å². The molecule has 1 fully saturated rings. The van der Waals surface area contributed by atoms with Crippen LogP contribution in [0.25, 0.3) is 0 Å². The first kappa shape index (κ1) is 12.2. The molecule has 2 aliphatic carbocycles. The number of hydrogen-bond donors (Lipinski definition) is 1. The first-order valence-electron chi connectivity index (χ1n) is 7.20. The van der Waals surface area contributed by atoms with Crippen molar-refractivity contribution in [2.45, 2.75) is 58.1 Å². The standard InChI is InChI=1S/C15H23NO2/c1-14(2)8-11(17)13-10-5-4-6-15(7-10,16-3)18-12(13)9-14/h10,16H,4-9H2,1-3H3/p+1/t10-,15+/m1/s1. The van der Waals surface area contributed by atoms with Crippen LogP contribution in [-0.4, -0.2) is 18.6 Å². The van der Waals surface area contributed by atoms with E-state index >= 15 is 0 Å². The lowest BCUT2D eigenvalue weighted by Crippen LogP contribution is -2.95. The minimum Gasteiger partial charge on any atom is -0.444 e. The van der Waals surface area contributed by atoms with Crippen LogP contribution < -0.4 is 5.32 Å². The zero-order valence-electron chi connectivity index (χ0n) is 11.7. The Morgan fingerprint density at radius 2 is 2.11 bits per heavy atom. The van der Waals surface area contributed by atoms with Gasteiger partial charge in [0.1, 0.15) is 5.76 Å². The summed E-state index contributed by atoms with van der Waals surface area (Å²) in [5, 5.41) is 2.22. The third-order valence-electron chi connectivity index (χ3n) is 4.88. The second kappa shape index (κ2) is 3.83. The van der Waals surface area contributed by atoms with Crippen molar-refractivity contribution in [3.63, 3.8) is 0 Å². The Labute approximate surface area is 109 Å². The zero-order valence-corrected chi connectivity index (χ0v) is 11.7. The maximum atomic E-state index is 12.4. The molecule has 0 saturated heterocycles. The Bertz CT molecular complexity index is 424. The van der Waals surface area contributed by atoms with Crippen LogP contribution in [0.3, 0.4) is 0 Å². The number of carbonyl (C=O) groups excluding carboxylic acids is 1. The van der Waals surface area contributed by atoms with E-state index in [4.69, 9.17) is 4.74 Å². The van der Waals surface area contributed by atoms with E-state index in [0.717, 1.165) is 30.6 Å². The highest BCUT2D eigenvalue weighted by Gasteiger charge is 2.51. The quantitative estimate of drug-likeness (QED) is 0.770. The number of ether oxygens (including phenoxy) is 1. The van der Waals surface area contributed by atoms with Gasteiger partial charge >= 0.3 is 0 Å². The molecule has 0 spiro atoms. The van der Waals surface area contributed by atoms with Crippen molar-refractivity contribution in [1.29, 1.82) is 0 Å². The average molecular weight is 250 g/mol. The van der Waals surface area contributed by atoms with Crippen molar-refractivity contribution in [3.8, 4) is 0 Å². The van der Waals surface area contributed by atoms with Crippen LogP contribution in [0.15, 0.2) is 11.3 Å². The molecule has 18 heavy (non-hydrogen) atoms. The summed E-state index contributed by atoms with van der Waals surface area (Å²) in [6.07, 6.45) is 6.11. The fraction of sp³-hybridized carbons (Fsp3) is 0.800. The van der Waals surface area contributed by atoms with Crippen LogP contribution in [0.2, 0.25) is 0 Å². The molecular formula is C15H24NO2+. The number of fused-ring (bicyclic) bond motifs is 3. The normalized spacial score (nSPS) is 38.2. The lowest BCUT2D eigenvalue weighted by atomic mass is 9.68. The molecule has 1 saturated carbocycles. The number of ketones is 1. The number of rotatable bonds is 1. The Hall–Kier alpha value is -0.830. The van der Waals surface area contributed by atoms with Crippen LogP contribution in [0.4, 0.5) is 0 Å². The molecule has 2 atom stereocenters. The number of carbonyl (C=O) groups is 1. The number of hydrogen-bond acceptors (Lipinski definition) is 2. The topological polar surface area (TPSA) is 42.9 Å². The summed E-state index contributed by atoms with van der Waals surface area (Å²) in [5.74, 6) is 1.82. The Balaban J connectivity index is 2.01. The Morgan fingerprint density at radius 3 is 2.83 bits per heavy atom. The Kier molecular flexibility index (Phi) is 2.60. The van der Waals surface area contributed by atoms with Gasteiger partial charge in [-0.25, -0.2) is 0 Å². The van der Waals surface area contributed by atoms with E-state index in [1.165, 1.54) is 12.8 Å². The monoisotopic (exact) mass is 250 g/mol. The molecule has 0 aromatic rings. The molecule has 3 aliphatic rings. The van der Waals surface area contributed by atoms with Crippen molar-refractivity contribution in [3.05, 3.63) is 11.3 Å². The molecule has 0 radical (unpaired) electrons. The van der Waals surface area contributed by atoms with Gasteiger partial charge in [0.2, 0.25) is 5.72 Å². The van der Waals surface area contributed by atoms with Crippen molar-refractivity contribution >= 4 is 5.78 Å². The van der Waals surface area contributed by atoms with Gasteiger partial charge in [0, 0.05) is 37.2 Å². The summed E-state index contributed by atoms with van der Waals surface area (Å²) in [4.78, 5) is 12.4. The first-order chi connectivity index (χ1) is 8.45. The van der Waals surface area contributed by atoms with E-state index in [2.05, 4.69) is 26.2 Å². The molecule has 0 amide bonds. The maximum absolute atomic E-state index is 12.4. The number of nitrogens with two attached hydrogens (primary N) is 1. The fourth-order valence-corrected chi connectivity index (χ4v) is 4.00. The van der Waals surface area contributed by atoms with E-state index in [9.17, 15) is 4.79 Å². The molecule has 3 heteroatoms. The summed E-state index contributed by atoms with van der Waals surface area (Å²) >= 11 is 0. The lowest BCUT2D eigenvalue weighted by Gasteiger charge is -2.47. The first-order valence-corrected chi connectivity index (χ1v) is 7.20. The highest BCUT2D eigenvalue weighted by atomic mass is 16.5. The highest BCUT2D eigenvalue weighted by molar-refractivity contribution is 5.97. The third kappa shape index (κ3) is 1.80. The smallest absolute Gasteiger partial charge is 0.240 e. The van der Waals surface area contributed by atoms with Crippen molar-refractivity contribution < 1.29 is 14.8 Å². The fourth-order valence-electron chi connectivity index (χ4n) is 4.00. The van der Waals surface area contributed by atoms with Gasteiger partial charge in [0.25, 0.3) is 0 Å². The van der Waals surface area contributed by atoms with Crippen molar-refractivity contribution in [2.24, 2.45) is 11.3 Å². The summed E-state index contributed by atoms with van der Waals surface area (Å²) in [7, 11) is 2.10. The summed E-state index contributed by atoms with van der Waals surface area (Å²) in [6.45, 7) is 4.34. The van der Waals surface area contributed by atoms with Gasteiger partial charge in [-0.15, -0.1) is 0 Å². The van der Waals surface area contributed by atoms with E-state index < -0.39 is 0 Å². The molecule has 3 nitrogen and oxygen atoms in total. The van der Waals surface area contributed by atoms with Gasteiger partial charge in [-0.2, -0.15) is 0 Å². The van der Waals surface area contributed by atoms with Gasteiger partial charge < -0.3 is 10.1 Å². The highest BCUT2D eigenvalue weighted by Crippen LogP contribution is 2.49. The molecule has 0 aromatic heterocycles.